The number of unbranched alkanes of at least 4 members (excludes halogenated alkanes) is 25. The van der Waals surface area contributed by atoms with Gasteiger partial charge in [-0.1, -0.05) is 201 Å². The third kappa shape index (κ3) is 21.8. The third-order valence-electron chi connectivity index (χ3n) is 9.81. The summed E-state index contributed by atoms with van der Waals surface area (Å²) in [5.74, 6) is 2.03. The van der Waals surface area contributed by atoms with Crippen LogP contribution in [-0.4, -0.2) is 9.55 Å². The highest BCUT2D eigenvalue weighted by Gasteiger charge is 2.18. The lowest BCUT2D eigenvalue weighted by molar-refractivity contribution is 0.419. The fourth-order valence-corrected chi connectivity index (χ4v) is 6.95. The Morgan fingerprint density at radius 3 is 1.19 bits per heavy atom. The van der Waals surface area contributed by atoms with Crippen LogP contribution in [0.15, 0.2) is 12.4 Å². The van der Waals surface area contributed by atoms with E-state index >= 15 is 0 Å². The molecule has 2 heteroatoms. The van der Waals surface area contributed by atoms with Crippen LogP contribution in [0.4, 0.5) is 0 Å². The van der Waals surface area contributed by atoms with Gasteiger partial charge >= 0.3 is 0 Å². The molecule has 1 aromatic rings. The van der Waals surface area contributed by atoms with Gasteiger partial charge in [0.05, 0.1) is 0 Å². The van der Waals surface area contributed by atoms with E-state index in [1.165, 1.54) is 205 Å². The van der Waals surface area contributed by atoms with Crippen molar-refractivity contribution in [2.75, 3.05) is 0 Å². The normalized spacial score (nSPS) is 13.1. The van der Waals surface area contributed by atoms with Crippen LogP contribution in [0.25, 0.3) is 0 Å². The number of rotatable bonds is 33. The molecule has 0 aliphatic heterocycles. The summed E-state index contributed by atoms with van der Waals surface area (Å²) < 4.78 is 2.54. The molecule has 0 aliphatic rings. The molecular weight excluding hydrogens is 508 g/mol. The van der Waals surface area contributed by atoms with E-state index in [2.05, 4.69) is 44.7 Å². The van der Waals surface area contributed by atoms with Crippen molar-refractivity contribution in [2.45, 2.75) is 239 Å². The molecule has 1 heterocycles. The zero-order valence-electron chi connectivity index (χ0n) is 29.6. The first kappa shape index (κ1) is 39.2. The van der Waals surface area contributed by atoms with Crippen LogP contribution < -0.4 is 0 Å². The summed E-state index contributed by atoms with van der Waals surface area (Å²) in [5, 5.41) is 0. The molecule has 1 aromatic heterocycles. The summed E-state index contributed by atoms with van der Waals surface area (Å²) in [6.45, 7) is 9.39. The number of imidazole rings is 1. The summed E-state index contributed by atoms with van der Waals surface area (Å²) in [6.07, 6.45) is 48.4. The van der Waals surface area contributed by atoms with Gasteiger partial charge in [-0.2, -0.15) is 0 Å². The van der Waals surface area contributed by atoms with Gasteiger partial charge in [-0.15, -0.1) is 0 Å². The van der Waals surface area contributed by atoms with Gasteiger partial charge < -0.3 is 4.57 Å². The summed E-state index contributed by atoms with van der Waals surface area (Å²) in [6, 6.07) is 0.589. The molecule has 0 spiro atoms. The molecule has 0 aromatic carbocycles. The zero-order valence-corrected chi connectivity index (χ0v) is 29.6. The minimum absolute atomic E-state index is 0.589. The molecule has 1 rings (SSSR count). The topological polar surface area (TPSA) is 17.8 Å². The van der Waals surface area contributed by atoms with Crippen LogP contribution in [0.3, 0.4) is 0 Å². The van der Waals surface area contributed by atoms with Crippen molar-refractivity contribution in [3.8, 4) is 0 Å². The second-order valence-electron chi connectivity index (χ2n) is 13.9. The lowest BCUT2D eigenvalue weighted by Crippen LogP contribution is -2.13. The highest BCUT2D eigenvalue weighted by atomic mass is 15.1. The standard InChI is InChI=1S/C40H78N2/c1-5-8-10-12-14-16-18-19-20-21-22-24-26-28-30-32-35-39(33-7-3)40-41-36-37-42(40)38(4)34-31-29-27-25-23-17-15-13-11-9-6-2/h36-39H,5-35H2,1-4H3. The van der Waals surface area contributed by atoms with Crippen LogP contribution in [0.1, 0.15) is 245 Å². The minimum atomic E-state index is 0.589. The van der Waals surface area contributed by atoms with Gasteiger partial charge in [0.25, 0.3) is 0 Å². The Kier molecular flexibility index (Phi) is 28.3. The average Bonchev–Trinajstić information content (AvgIpc) is 3.49. The Labute approximate surface area is 266 Å². The highest BCUT2D eigenvalue weighted by molar-refractivity contribution is 5.02. The minimum Gasteiger partial charge on any atom is -0.332 e. The van der Waals surface area contributed by atoms with Crippen molar-refractivity contribution in [2.24, 2.45) is 0 Å². The summed E-state index contributed by atoms with van der Waals surface area (Å²) in [5.41, 5.74) is 0. The molecule has 0 N–H and O–H groups in total. The van der Waals surface area contributed by atoms with Crippen molar-refractivity contribution in [3.05, 3.63) is 18.2 Å². The van der Waals surface area contributed by atoms with E-state index in [4.69, 9.17) is 4.98 Å². The molecule has 248 valence electrons. The van der Waals surface area contributed by atoms with E-state index in [0.717, 1.165) is 0 Å². The second kappa shape index (κ2) is 30.2. The molecule has 42 heavy (non-hydrogen) atoms. The predicted octanol–water partition coefficient (Wildman–Crippen LogP) is 14.7. The Morgan fingerprint density at radius 1 is 0.452 bits per heavy atom. The Bertz CT molecular complexity index is 650. The van der Waals surface area contributed by atoms with E-state index in [-0.39, 0.29) is 0 Å². The number of nitrogens with zero attached hydrogens (tertiary/aromatic N) is 2. The fourth-order valence-electron chi connectivity index (χ4n) is 6.95. The molecule has 0 radical (unpaired) electrons. The van der Waals surface area contributed by atoms with E-state index in [0.29, 0.717) is 12.0 Å². The quantitative estimate of drug-likeness (QED) is 0.0749. The molecule has 0 amide bonds. The number of hydrogen-bond acceptors (Lipinski definition) is 1. The maximum absolute atomic E-state index is 4.92. The molecule has 0 saturated heterocycles. The molecule has 0 aliphatic carbocycles. The van der Waals surface area contributed by atoms with Crippen molar-refractivity contribution in [1.82, 2.24) is 9.55 Å². The highest BCUT2D eigenvalue weighted by Crippen LogP contribution is 2.30. The number of hydrogen-bond donors (Lipinski definition) is 0. The van der Waals surface area contributed by atoms with Gasteiger partial charge in [0.15, 0.2) is 0 Å². The van der Waals surface area contributed by atoms with E-state index < -0.39 is 0 Å². The van der Waals surface area contributed by atoms with Gasteiger partial charge in [-0.25, -0.2) is 4.98 Å². The van der Waals surface area contributed by atoms with Crippen LogP contribution in [0, 0.1) is 0 Å². The maximum atomic E-state index is 4.92. The fraction of sp³-hybridized carbons (Fsp3) is 0.925. The van der Waals surface area contributed by atoms with Crippen molar-refractivity contribution < 1.29 is 0 Å². The zero-order chi connectivity index (χ0) is 30.4. The Morgan fingerprint density at radius 2 is 0.810 bits per heavy atom. The molecular formula is C40H78N2. The first-order valence-corrected chi connectivity index (χ1v) is 19.8. The summed E-state index contributed by atoms with van der Waals surface area (Å²) in [4.78, 5) is 4.92. The van der Waals surface area contributed by atoms with Crippen molar-refractivity contribution in [3.63, 3.8) is 0 Å². The predicted molar refractivity (Wildman–Crippen MR) is 190 cm³/mol. The number of aromatic nitrogens is 2. The van der Waals surface area contributed by atoms with Gasteiger partial charge in [0.2, 0.25) is 0 Å². The van der Waals surface area contributed by atoms with E-state index in [1.54, 1.807) is 0 Å². The third-order valence-corrected chi connectivity index (χ3v) is 9.81. The smallest absolute Gasteiger partial charge is 0.111 e. The van der Waals surface area contributed by atoms with Crippen LogP contribution in [-0.2, 0) is 0 Å². The Balaban J connectivity index is 2.11. The molecule has 0 saturated carbocycles. The van der Waals surface area contributed by atoms with Crippen LogP contribution >= 0.6 is 0 Å². The molecule has 0 bridgehead atoms. The molecule has 2 unspecified atom stereocenters. The van der Waals surface area contributed by atoms with Gasteiger partial charge in [-0.3, -0.25) is 0 Å². The molecule has 2 atom stereocenters. The maximum Gasteiger partial charge on any atom is 0.111 e. The summed E-state index contributed by atoms with van der Waals surface area (Å²) in [7, 11) is 0. The average molecular weight is 587 g/mol. The van der Waals surface area contributed by atoms with E-state index in [1.807, 2.05) is 0 Å². The monoisotopic (exact) mass is 587 g/mol. The first-order valence-electron chi connectivity index (χ1n) is 19.8. The largest absolute Gasteiger partial charge is 0.332 e. The van der Waals surface area contributed by atoms with Crippen LogP contribution in [0.2, 0.25) is 0 Å². The van der Waals surface area contributed by atoms with Gasteiger partial charge in [0.1, 0.15) is 5.82 Å². The van der Waals surface area contributed by atoms with Crippen molar-refractivity contribution >= 4 is 0 Å². The second-order valence-corrected chi connectivity index (χ2v) is 13.9. The van der Waals surface area contributed by atoms with Crippen LogP contribution in [0.5, 0.6) is 0 Å². The van der Waals surface area contributed by atoms with Crippen molar-refractivity contribution in [1.29, 1.82) is 0 Å². The van der Waals surface area contributed by atoms with Gasteiger partial charge in [0, 0.05) is 24.4 Å². The molecule has 0 fully saturated rings. The molecule has 2 nitrogen and oxygen atoms in total. The SMILES string of the molecule is CCCCCCCCCCCCCCCCCCC(CCC)c1nccn1C(C)CCCCCCCCCCCCC. The van der Waals surface area contributed by atoms with Gasteiger partial charge in [-0.05, 0) is 26.2 Å². The summed E-state index contributed by atoms with van der Waals surface area (Å²) >= 11 is 0. The lowest BCUT2D eigenvalue weighted by Gasteiger charge is -2.22. The Hall–Kier alpha value is -0.790. The van der Waals surface area contributed by atoms with E-state index in [9.17, 15) is 0 Å². The first-order chi connectivity index (χ1) is 20.7. The lowest BCUT2D eigenvalue weighted by atomic mass is 9.94.